The second-order valence-electron chi connectivity index (χ2n) is 7.30. The van der Waals surface area contributed by atoms with Crippen molar-refractivity contribution < 1.29 is 17.6 Å². The number of hydrogen-bond donors (Lipinski definition) is 1. The second kappa shape index (κ2) is 7.08. The smallest absolute Gasteiger partial charge is 0.359 e. The molecule has 0 aliphatic heterocycles. The highest BCUT2D eigenvalue weighted by atomic mass is 32.1. The molecule has 2 heterocycles. The lowest BCUT2D eigenvalue weighted by atomic mass is 9.94. The van der Waals surface area contributed by atoms with Crippen LogP contribution in [0.15, 0.2) is 29.1 Å². The van der Waals surface area contributed by atoms with Gasteiger partial charge in [0.1, 0.15) is 5.82 Å². The number of nitrogens with one attached hydrogen (secondary N) is 1. The van der Waals surface area contributed by atoms with Crippen molar-refractivity contribution in [3.05, 3.63) is 57.3 Å². The lowest BCUT2D eigenvalue weighted by Gasteiger charge is -2.18. The van der Waals surface area contributed by atoms with Crippen molar-refractivity contribution in [2.45, 2.75) is 44.2 Å². The number of alkyl halides is 3. The summed E-state index contributed by atoms with van der Waals surface area (Å²) in [6, 6.07) is 4.13. The Morgan fingerprint density at radius 1 is 1.24 bits per heavy atom. The molecule has 5 nitrogen and oxygen atoms in total. The number of nitrogens with zero attached hydrogens (tertiary/aromatic N) is 3. The van der Waals surface area contributed by atoms with Crippen LogP contribution in [0.3, 0.4) is 0 Å². The number of hydrogen-bond acceptors (Lipinski definition) is 5. The van der Waals surface area contributed by atoms with E-state index in [0.717, 1.165) is 18.6 Å². The fourth-order valence-corrected chi connectivity index (χ4v) is 4.15. The molecule has 0 spiro atoms. The third kappa shape index (κ3) is 3.98. The van der Waals surface area contributed by atoms with E-state index in [1.165, 1.54) is 21.9 Å². The molecule has 10 heteroatoms. The van der Waals surface area contributed by atoms with E-state index in [2.05, 4.69) is 15.4 Å². The minimum absolute atomic E-state index is 0.274. The molecule has 0 amide bonds. The van der Waals surface area contributed by atoms with Crippen LogP contribution in [0.2, 0.25) is 0 Å². The number of fused-ring (bicyclic) bond motifs is 1. The maximum absolute atomic E-state index is 13.8. The van der Waals surface area contributed by atoms with Gasteiger partial charge in [-0.25, -0.2) is 9.37 Å². The lowest BCUT2D eigenvalue weighted by Crippen LogP contribution is -2.21. The van der Waals surface area contributed by atoms with E-state index >= 15 is 0 Å². The highest BCUT2D eigenvalue weighted by molar-refractivity contribution is 7.20. The first-order chi connectivity index (χ1) is 13.7. The lowest BCUT2D eigenvalue weighted by molar-refractivity contribution is -0.137. The van der Waals surface area contributed by atoms with E-state index < -0.39 is 23.0 Å². The molecule has 154 valence electrons. The third-order valence-corrected chi connectivity index (χ3v) is 5.94. The van der Waals surface area contributed by atoms with Gasteiger partial charge < -0.3 is 5.32 Å². The first-order valence-electron chi connectivity index (χ1n) is 9.22. The SMILES string of the molecule is CCCc1cc(=O)n2nc(NCC3(c4cc(F)cc(C(F)(F)F)c4)CC3)sc2n1. The Bertz CT molecular complexity index is 1120. The van der Waals surface area contributed by atoms with Crippen molar-refractivity contribution >= 4 is 21.4 Å². The summed E-state index contributed by atoms with van der Waals surface area (Å²) in [6.07, 6.45) is -1.76. The van der Waals surface area contributed by atoms with Crippen LogP contribution in [0.25, 0.3) is 4.96 Å². The number of aryl methyl sites for hydroxylation is 1. The molecule has 1 saturated carbocycles. The average Bonchev–Trinajstić information content (AvgIpc) is 3.32. The van der Waals surface area contributed by atoms with Crippen LogP contribution in [0.1, 0.15) is 43.0 Å². The minimum Gasteiger partial charge on any atom is -0.359 e. The van der Waals surface area contributed by atoms with E-state index in [9.17, 15) is 22.4 Å². The molecule has 4 rings (SSSR count). The van der Waals surface area contributed by atoms with Crippen molar-refractivity contribution in [3.63, 3.8) is 0 Å². The molecule has 1 aliphatic carbocycles. The van der Waals surface area contributed by atoms with Gasteiger partial charge in [-0.05, 0) is 43.0 Å². The number of aromatic nitrogens is 3. The van der Waals surface area contributed by atoms with E-state index in [0.29, 0.717) is 53.2 Å². The predicted octanol–water partition coefficient (Wildman–Crippen LogP) is 4.41. The van der Waals surface area contributed by atoms with Crippen LogP contribution in [-0.2, 0) is 18.0 Å². The number of halogens is 4. The average molecular weight is 426 g/mol. The fraction of sp³-hybridized carbons (Fsp3) is 0.421. The van der Waals surface area contributed by atoms with Gasteiger partial charge >= 0.3 is 6.18 Å². The zero-order valence-corrected chi connectivity index (χ0v) is 16.3. The largest absolute Gasteiger partial charge is 0.416 e. The summed E-state index contributed by atoms with van der Waals surface area (Å²) in [5.74, 6) is -0.903. The zero-order valence-electron chi connectivity index (χ0n) is 15.5. The van der Waals surface area contributed by atoms with Crippen LogP contribution in [0, 0.1) is 5.82 Å². The van der Waals surface area contributed by atoms with Gasteiger partial charge in [0.15, 0.2) is 0 Å². The van der Waals surface area contributed by atoms with Crippen molar-refractivity contribution in [2.24, 2.45) is 0 Å². The van der Waals surface area contributed by atoms with Gasteiger partial charge in [0.2, 0.25) is 10.1 Å². The molecule has 1 N–H and O–H groups in total. The van der Waals surface area contributed by atoms with Crippen LogP contribution in [-0.4, -0.2) is 21.1 Å². The molecule has 1 fully saturated rings. The fourth-order valence-electron chi connectivity index (χ4n) is 3.33. The Hall–Kier alpha value is -2.49. The van der Waals surface area contributed by atoms with Crippen molar-refractivity contribution in [3.8, 4) is 0 Å². The summed E-state index contributed by atoms with van der Waals surface area (Å²) in [6.45, 7) is 2.29. The molecular weight excluding hydrogens is 408 g/mol. The molecule has 0 atom stereocenters. The Morgan fingerprint density at radius 2 is 2.00 bits per heavy atom. The second-order valence-corrected chi connectivity index (χ2v) is 8.25. The van der Waals surface area contributed by atoms with Crippen LogP contribution in [0.5, 0.6) is 0 Å². The van der Waals surface area contributed by atoms with E-state index in [1.54, 1.807) is 0 Å². The first-order valence-corrected chi connectivity index (χ1v) is 10.0. The normalized spacial score (nSPS) is 15.6. The summed E-state index contributed by atoms with van der Waals surface area (Å²) < 4.78 is 54.1. The van der Waals surface area contributed by atoms with Crippen LogP contribution < -0.4 is 10.9 Å². The minimum atomic E-state index is -4.60. The third-order valence-electron chi connectivity index (χ3n) is 5.07. The Morgan fingerprint density at radius 3 is 2.66 bits per heavy atom. The highest BCUT2D eigenvalue weighted by Gasteiger charge is 2.45. The standard InChI is InChI=1S/C19H18F4N4OS/c1-2-3-14-9-15(28)27-17(25-14)29-16(26-27)24-10-18(4-5-18)11-6-12(19(21,22)23)8-13(20)7-11/h6-9H,2-5,10H2,1H3,(H,24,26). The summed E-state index contributed by atoms with van der Waals surface area (Å²) in [5, 5.41) is 7.75. The van der Waals surface area contributed by atoms with E-state index in [4.69, 9.17) is 0 Å². The van der Waals surface area contributed by atoms with Gasteiger partial charge in [-0.15, -0.1) is 5.10 Å². The van der Waals surface area contributed by atoms with Gasteiger partial charge in [-0.3, -0.25) is 4.79 Å². The monoisotopic (exact) mass is 426 g/mol. The summed E-state index contributed by atoms with van der Waals surface area (Å²) in [7, 11) is 0. The van der Waals surface area contributed by atoms with Crippen molar-refractivity contribution in [1.82, 2.24) is 14.6 Å². The molecule has 3 aromatic rings. The Labute approximate surface area is 167 Å². The molecule has 0 bridgehead atoms. The summed E-state index contributed by atoms with van der Waals surface area (Å²) >= 11 is 1.20. The van der Waals surface area contributed by atoms with Gasteiger partial charge in [-0.1, -0.05) is 24.7 Å². The maximum atomic E-state index is 13.8. The Kier molecular flexibility index (Phi) is 4.84. The quantitative estimate of drug-likeness (QED) is 0.594. The molecule has 29 heavy (non-hydrogen) atoms. The van der Waals surface area contributed by atoms with Gasteiger partial charge in [0.05, 0.1) is 5.56 Å². The molecule has 0 saturated heterocycles. The summed E-state index contributed by atoms with van der Waals surface area (Å²) in [5.41, 5.74) is -0.822. The topological polar surface area (TPSA) is 59.3 Å². The molecular formula is C19H18F4N4OS. The molecule has 0 radical (unpaired) electrons. The van der Waals surface area contributed by atoms with Crippen LogP contribution in [0.4, 0.5) is 22.7 Å². The van der Waals surface area contributed by atoms with Crippen molar-refractivity contribution in [1.29, 1.82) is 0 Å². The van der Waals surface area contributed by atoms with Crippen molar-refractivity contribution in [2.75, 3.05) is 11.9 Å². The Balaban J connectivity index is 1.57. The predicted molar refractivity (Wildman–Crippen MR) is 102 cm³/mol. The summed E-state index contributed by atoms with van der Waals surface area (Å²) in [4.78, 5) is 17.1. The number of rotatable bonds is 6. The van der Waals surface area contributed by atoms with Gasteiger partial charge in [0, 0.05) is 23.7 Å². The molecule has 1 aliphatic rings. The van der Waals surface area contributed by atoms with Gasteiger partial charge in [-0.2, -0.15) is 17.7 Å². The van der Waals surface area contributed by atoms with E-state index in [1.807, 2.05) is 6.92 Å². The first kappa shape index (κ1) is 19.8. The van der Waals surface area contributed by atoms with Gasteiger partial charge in [0.25, 0.3) is 5.56 Å². The number of benzene rings is 1. The zero-order chi connectivity index (χ0) is 20.8. The van der Waals surface area contributed by atoms with E-state index in [-0.39, 0.29) is 5.56 Å². The van der Waals surface area contributed by atoms with Crippen LogP contribution >= 0.6 is 11.3 Å². The molecule has 1 aromatic carbocycles. The highest BCUT2D eigenvalue weighted by Crippen LogP contribution is 2.49. The number of anilines is 1. The maximum Gasteiger partial charge on any atom is 0.416 e. The molecule has 0 unspecified atom stereocenters. The molecule has 2 aromatic heterocycles.